The van der Waals surface area contributed by atoms with Crippen LogP contribution in [0.15, 0.2) is 12.1 Å². The highest BCUT2D eigenvalue weighted by atomic mass is 15.0. The minimum atomic E-state index is 0.607. The SMILES string of the molecule is Cc1cc(C)c2c3c(n(C)c2c1)C(C)CNC3. The second-order valence-corrected chi connectivity index (χ2v) is 5.43. The first-order valence-corrected chi connectivity index (χ1v) is 6.38. The summed E-state index contributed by atoms with van der Waals surface area (Å²) in [5.41, 5.74) is 7.19. The van der Waals surface area contributed by atoms with E-state index in [0.29, 0.717) is 5.92 Å². The molecule has 2 nitrogen and oxygen atoms in total. The number of nitrogens with one attached hydrogen (secondary N) is 1. The molecule has 2 heterocycles. The van der Waals surface area contributed by atoms with Gasteiger partial charge < -0.3 is 9.88 Å². The Morgan fingerprint density at radius 2 is 2.06 bits per heavy atom. The van der Waals surface area contributed by atoms with Crippen LogP contribution in [0.1, 0.15) is 35.2 Å². The second-order valence-electron chi connectivity index (χ2n) is 5.43. The monoisotopic (exact) mass is 228 g/mol. The lowest BCUT2D eigenvalue weighted by Crippen LogP contribution is -2.27. The topological polar surface area (TPSA) is 17.0 Å². The average molecular weight is 228 g/mol. The number of hydrogen-bond acceptors (Lipinski definition) is 1. The van der Waals surface area contributed by atoms with Crippen LogP contribution < -0.4 is 5.32 Å². The van der Waals surface area contributed by atoms with Crippen molar-refractivity contribution in [1.29, 1.82) is 0 Å². The van der Waals surface area contributed by atoms with Gasteiger partial charge in [0.15, 0.2) is 0 Å². The number of hydrogen-bond donors (Lipinski definition) is 1. The van der Waals surface area contributed by atoms with Gasteiger partial charge in [-0.3, -0.25) is 0 Å². The molecule has 1 aromatic carbocycles. The Morgan fingerprint density at radius 3 is 2.82 bits per heavy atom. The number of rotatable bonds is 0. The van der Waals surface area contributed by atoms with Gasteiger partial charge in [0.05, 0.1) is 0 Å². The first kappa shape index (κ1) is 10.8. The van der Waals surface area contributed by atoms with Gasteiger partial charge in [-0.2, -0.15) is 0 Å². The van der Waals surface area contributed by atoms with E-state index in [-0.39, 0.29) is 0 Å². The highest BCUT2D eigenvalue weighted by molar-refractivity contribution is 5.89. The van der Waals surface area contributed by atoms with Crippen molar-refractivity contribution in [1.82, 2.24) is 9.88 Å². The van der Waals surface area contributed by atoms with Crippen LogP contribution in [0.4, 0.5) is 0 Å². The predicted molar refractivity (Wildman–Crippen MR) is 72.5 cm³/mol. The Kier molecular flexibility index (Phi) is 2.30. The highest BCUT2D eigenvalue weighted by Crippen LogP contribution is 2.35. The van der Waals surface area contributed by atoms with Crippen LogP contribution in [0.2, 0.25) is 0 Å². The summed E-state index contributed by atoms with van der Waals surface area (Å²) in [6, 6.07) is 4.61. The molecule has 17 heavy (non-hydrogen) atoms. The van der Waals surface area contributed by atoms with Gasteiger partial charge in [-0.1, -0.05) is 13.0 Å². The van der Waals surface area contributed by atoms with Gasteiger partial charge in [0.25, 0.3) is 0 Å². The zero-order valence-corrected chi connectivity index (χ0v) is 11.1. The molecule has 0 saturated carbocycles. The molecule has 0 radical (unpaired) electrons. The first-order chi connectivity index (χ1) is 8.09. The van der Waals surface area contributed by atoms with Crippen LogP contribution in [0.25, 0.3) is 10.9 Å². The van der Waals surface area contributed by atoms with E-state index >= 15 is 0 Å². The highest BCUT2D eigenvalue weighted by Gasteiger charge is 2.24. The van der Waals surface area contributed by atoms with E-state index in [2.05, 4.69) is 49.8 Å². The minimum absolute atomic E-state index is 0.607. The van der Waals surface area contributed by atoms with Gasteiger partial charge in [-0.25, -0.2) is 0 Å². The van der Waals surface area contributed by atoms with Gasteiger partial charge in [-0.15, -0.1) is 0 Å². The average Bonchev–Trinajstić information content (AvgIpc) is 2.54. The van der Waals surface area contributed by atoms with E-state index < -0.39 is 0 Å². The van der Waals surface area contributed by atoms with Crippen molar-refractivity contribution in [2.45, 2.75) is 33.2 Å². The van der Waals surface area contributed by atoms with E-state index in [1.165, 1.54) is 33.3 Å². The van der Waals surface area contributed by atoms with Crippen LogP contribution in [0.3, 0.4) is 0 Å². The van der Waals surface area contributed by atoms with E-state index in [1.54, 1.807) is 0 Å². The summed E-state index contributed by atoms with van der Waals surface area (Å²) in [5.74, 6) is 0.607. The molecule has 1 unspecified atom stereocenters. The summed E-state index contributed by atoms with van der Waals surface area (Å²) in [6.45, 7) is 8.83. The normalized spacial score (nSPS) is 19.6. The minimum Gasteiger partial charge on any atom is -0.347 e. The molecular formula is C15H20N2. The molecule has 0 spiro atoms. The van der Waals surface area contributed by atoms with Crippen LogP contribution >= 0.6 is 0 Å². The fourth-order valence-electron chi connectivity index (χ4n) is 3.38. The Hall–Kier alpha value is -1.28. The van der Waals surface area contributed by atoms with Crippen molar-refractivity contribution in [2.24, 2.45) is 7.05 Å². The maximum Gasteiger partial charge on any atom is 0.0488 e. The smallest absolute Gasteiger partial charge is 0.0488 e. The van der Waals surface area contributed by atoms with Crippen molar-refractivity contribution >= 4 is 10.9 Å². The largest absolute Gasteiger partial charge is 0.347 e. The standard InChI is InChI=1S/C15H20N2/c1-9-5-10(2)14-12-8-16-7-11(3)15(12)17(4)13(14)6-9/h5-6,11,16H,7-8H2,1-4H3. The molecular weight excluding hydrogens is 208 g/mol. The van der Waals surface area contributed by atoms with E-state index in [0.717, 1.165) is 13.1 Å². The second kappa shape index (κ2) is 3.61. The number of aromatic nitrogens is 1. The Morgan fingerprint density at radius 1 is 1.29 bits per heavy atom. The maximum atomic E-state index is 3.52. The molecule has 1 aliphatic rings. The van der Waals surface area contributed by atoms with Crippen LogP contribution in [-0.4, -0.2) is 11.1 Å². The summed E-state index contributed by atoms with van der Waals surface area (Å²) in [5, 5.41) is 4.99. The molecule has 3 rings (SSSR count). The zero-order valence-electron chi connectivity index (χ0n) is 11.1. The van der Waals surface area contributed by atoms with Gasteiger partial charge in [0.1, 0.15) is 0 Å². The zero-order chi connectivity index (χ0) is 12.2. The summed E-state index contributed by atoms with van der Waals surface area (Å²) in [7, 11) is 2.21. The summed E-state index contributed by atoms with van der Waals surface area (Å²) >= 11 is 0. The van der Waals surface area contributed by atoms with E-state index in [1.807, 2.05) is 0 Å². The molecule has 0 saturated heterocycles. The molecule has 1 N–H and O–H groups in total. The Bertz CT molecular complexity index is 593. The Labute approximate surface area is 103 Å². The van der Waals surface area contributed by atoms with Crippen molar-refractivity contribution in [3.63, 3.8) is 0 Å². The van der Waals surface area contributed by atoms with Crippen molar-refractivity contribution in [3.8, 4) is 0 Å². The van der Waals surface area contributed by atoms with Crippen LogP contribution in [0, 0.1) is 13.8 Å². The van der Waals surface area contributed by atoms with Crippen LogP contribution in [0.5, 0.6) is 0 Å². The summed E-state index contributed by atoms with van der Waals surface area (Å²) in [6.07, 6.45) is 0. The number of nitrogens with zero attached hydrogens (tertiary/aromatic N) is 1. The van der Waals surface area contributed by atoms with E-state index in [4.69, 9.17) is 0 Å². The molecule has 2 heteroatoms. The summed E-state index contributed by atoms with van der Waals surface area (Å²) in [4.78, 5) is 0. The van der Waals surface area contributed by atoms with Crippen molar-refractivity contribution in [2.75, 3.05) is 6.54 Å². The third-order valence-corrected chi connectivity index (χ3v) is 4.01. The molecule has 2 aromatic rings. The molecule has 90 valence electrons. The first-order valence-electron chi connectivity index (χ1n) is 6.38. The maximum absolute atomic E-state index is 3.52. The number of benzene rings is 1. The predicted octanol–water partition coefficient (Wildman–Crippen LogP) is 3.00. The molecule has 0 bridgehead atoms. The lowest BCUT2D eigenvalue weighted by atomic mass is 9.96. The van der Waals surface area contributed by atoms with E-state index in [9.17, 15) is 0 Å². The number of aryl methyl sites for hydroxylation is 3. The van der Waals surface area contributed by atoms with Gasteiger partial charge >= 0.3 is 0 Å². The lowest BCUT2D eigenvalue weighted by Gasteiger charge is -2.22. The van der Waals surface area contributed by atoms with Gasteiger partial charge in [0.2, 0.25) is 0 Å². The molecule has 1 atom stereocenters. The third kappa shape index (κ3) is 1.44. The molecule has 0 aliphatic carbocycles. The quantitative estimate of drug-likeness (QED) is 0.733. The third-order valence-electron chi connectivity index (χ3n) is 4.01. The molecule has 0 fully saturated rings. The van der Waals surface area contributed by atoms with Crippen molar-refractivity contribution < 1.29 is 0 Å². The molecule has 0 amide bonds. The molecule has 1 aliphatic heterocycles. The molecule has 1 aromatic heterocycles. The van der Waals surface area contributed by atoms with Gasteiger partial charge in [-0.05, 0) is 36.6 Å². The fraction of sp³-hybridized carbons (Fsp3) is 0.467. The summed E-state index contributed by atoms with van der Waals surface area (Å²) < 4.78 is 2.40. The van der Waals surface area contributed by atoms with Gasteiger partial charge in [0, 0.05) is 42.7 Å². The lowest BCUT2D eigenvalue weighted by molar-refractivity contribution is 0.548. The van der Waals surface area contributed by atoms with Crippen LogP contribution in [-0.2, 0) is 13.6 Å². The number of fused-ring (bicyclic) bond motifs is 3. The van der Waals surface area contributed by atoms with Crippen molar-refractivity contribution in [3.05, 3.63) is 34.5 Å². The fourth-order valence-corrected chi connectivity index (χ4v) is 3.38. The Balaban J connectivity index is 2.44.